The van der Waals surface area contributed by atoms with Gasteiger partial charge in [0.1, 0.15) is 5.82 Å². The number of nitrogens with one attached hydrogen (secondary N) is 1. The average molecular weight is 457 g/mol. The Morgan fingerprint density at radius 3 is 2.71 bits per heavy atom. The lowest BCUT2D eigenvalue weighted by molar-refractivity contribution is 0.385. The van der Waals surface area contributed by atoms with Crippen LogP contribution >= 0.6 is 23.8 Å². The number of halogens is 2. The molecule has 0 bridgehead atoms. The van der Waals surface area contributed by atoms with Crippen molar-refractivity contribution in [2.24, 2.45) is 5.92 Å². The van der Waals surface area contributed by atoms with Gasteiger partial charge in [-0.15, -0.1) is 0 Å². The maximum absolute atomic E-state index is 14.0. The summed E-state index contributed by atoms with van der Waals surface area (Å²) in [6, 6.07) is 13.3. The van der Waals surface area contributed by atoms with E-state index in [1.54, 1.807) is 18.2 Å². The summed E-state index contributed by atoms with van der Waals surface area (Å²) in [4.78, 5) is 6.66. The van der Waals surface area contributed by atoms with Crippen molar-refractivity contribution in [1.82, 2.24) is 20.4 Å². The van der Waals surface area contributed by atoms with Crippen LogP contribution in [0.25, 0.3) is 17.0 Å². The summed E-state index contributed by atoms with van der Waals surface area (Å²) in [6.45, 7) is 6.95. The second kappa shape index (κ2) is 8.77. The Labute approximate surface area is 190 Å². The van der Waals surface area contributed by atoms with Crippen molar-refractivity contribution in [3.8, 4) is 11.4 Å². The molecular weight excluding hydrogens is 435 g/mol. The van der Waals surface area contributed by atoms with Crippen LogP contribution in [0.3, 0.4) is 0 Å². The van der Waals surface area contributed by atoms with E-state index in [4.69, 9.17) is 28.3 Å². The lowest BCUT2D eigenvalue weighted by Crippen LogP contribution is -2.47. The number of allylic oxidation sites excluding steroid dienone is 1. The van der Waals surface area contributed by atoms with Crippen molar-refractivity contribution >= 4 is 34.5 Å². The van der Waals surface area contributed by atoms with Crippen molar-refractivity contribution in [2.45, 2.75) is 26.8 Å². The Balaban J connectivity index is 1.83. The highest BCUT2D eigenvalue weighted by molar-refractivity contribution is 7.80. The van der Waals surface area contributed by atoms with Gasteiger partial charge in [-0.3, -0.25) is 0 Å². The fourth-order valence-electron chi connectivity index (χ4n) is 3.66. The van der Waals surface area contributed by atoms with Crippen molar-refractivity contribution in [1.29, 1.82) is 0 Å². The van der Waals surface area contributed by atoms with Crippen LogP contribution in [0.2, 0.25) is 5.02 Å². The maximum atomic E-state index is 14.0. The fourth-order valence-corrected chi connectivity index (χ4v) is 4.18. The van der Waals surface area contributed by atoms with Crippen LogP contribution in [-0.4, -0.2) is 26.7 Å². The minimum absolute atomic E-state index is 0.322. The number of benzene rings is 2. The largest absolute Gasteiger partial charge is 0.351 e. The quantitative estimate of drug-likeness (QED) is 0.486. The third-order valence-corrected chi connectivity index (χ3v) is 5.64. The molecule has 0 amide bonds. The monoisotopic (exact) mass is 456 g/mol. The zero-order chi connectivity index (χ0) is 22.1. The van der Waals surface area contributed by atoms with E-state index in [9.17, 15) is 4.39 Å². The minimum Gasteiger partial charge on any atom is -0.351 e. The van der Waals surface area contributed by atoms with Crippen LogP contribution in [0.1, 0.15) is 38.3 Å². The number of hydrogen-bond acceptors (Lipinski definition) is 4. The molecule has 2 aromatic carbocycles. The van der Waals surface area contributed by atoms with E-state index in [-0.39, 0.29) is 5.82 Å². The van der Waals surface area contributed by atoms with Crippen LogP contribution in [-0.2, 0) is 0 Å². The number of nitrogens with zero attached hydrogens (tertiary/aromatic N) is 3. The van der Waals surface area contributed by atoms with E-state index in [1.807, 2.05) is 30.0 Å². The Bertz CT molecular complexity index is 1160. The molecule has 1 aromatic heterocycles. The summed E-state index contributed by atoms with van der Waals surface area (Å²) >= 11 is 11.8. The summed E-state index contributed by atoms with van der Waals surface area (Å²) in [5, 5.41) is 8.66. The van der Waals surface area contributed by atoms with Crippen LogP contribution in [0.15, 0.2) is 58.8 Å². The number of hydrogen-bond donors (Lipinski definition) is 1. The SMILES string of the molecule is CC1=C(c2nc(-c3cccc(Cl)c3)no2)C(c2cccc(F)c2)NC(=S)N1CC(C)C. The number of thiocarbonyl (C=S) groups is 1. The van der Waals surface area contributed by atoms with Crippen molar-refractivity contribution in [3.05, 3.63) is 76.5 Å². The first kappa shape index (κ1) is 21.5. The molecule has 0 saturated carbocycles. The normalized spacial score (nSPS) is 16.8. The molecule has 160 valence electrons. The van der Waals surface area contributed by atoms with Crippen LogP contribution in [0, 0.1) is 11.7 Å². The van der Waals surface area contributed by atoms with E-state index >= 15 is 0 Å². The van der Waals surface area contributed by atoms with E-state index < -0.39 is 6.04 Å². The summed E-state index contributed by atoms with van der Waals surface area (Å²) in [5.74, 6) is 0.841. The first-order chi connectivity index (χ1) is 14.8. The predicted octanol–water partition coefficient (Wildman–Crippen LogP) is 5.85. The van der Waals surface area contributed by atoms with E-state index in [2.05, 4.69) is 29.3 Å². The molecule has 0 radical (unpaired) electrons. The van der Waals surface area contributed by atoms with Gasteiger partial charge in [-0.2, -0.15) is 4.98 Å². The molecule has 1 N–H and O–H groups in total. The molecule has 1 unspecified atom stereocenters. The summed E-state index contributed by atoms with van der Waals surface area (Å²) in [5.41, 5.74) is 3.14. The third kappa shape index (κ3) is 4.48. The lowest BCUT2D eigenvalue weighted by Gasteiger charge is -2.38. The van der Waals surface area contributed by atoms with Gasteiger partial charge in [0.25, 0.3) is 5.89 Å². The molecular formula is C23H22ClFN4OS. The van der Waals surface area contributed by atoms with Gasteiger partial charge in [0.2, 0.25) is 5.82 Å². The smallest absolute Gasteiger partial charge is 0.258 e. The second-order valence-corrected chi connectivity index (χ2v) is 8.70. The fraction of sp³-hybridized carbons (Fsp3) is 0.261. The highest BCUT2D eigenvalue weighted by Crippen LogP contribution is 2.37. The Hall–Kier alpha value is -2.77. The molecule has 1 aliphatic heterocycles. The van der Waals surface area contributed by atoms with Crippen LogP contribution < -0.4 is 5.32 Å². The van der Waals surface area contributed by atoms with Crippen LogP contribution in [0.5, 0.6) is 0 Å². The molecule has 0 fully saturated rings. The Morgan fingerprint density at radius 1 is 1.23 bits per heavy atom. The third-order valence-electron chi connectivity index (χ3n) is 5.07. The van der Waals surface area contributed by atoms with E-state index in [1.165, 1.54) is 12.1 Å². The average Bonchev–Trinajstić information content (AvgIpc) is 3.20. The molecule has 8 heteroatoms. The highest BCUT2D eigenvalue weighted by Gasteiger charge is 2.34. The molecule has 31 heavy (non-hydrogen) atoms. The standard InChI is InChI=1S/C23H22ClFN4OS/c1-13(2)12-29-14(3)19(20(26-23(29)31)15-6-5-9-18(25)11-15)22-27-21(28-30-22)16-7-4-8-17(24)10-16/h4-11,13,20H,12H2,1-3H3,(H,26,31). The van der Waals surface area contributed by atoms with E-state index in [0.717, 1.165) is 28.9 Å². The lowest BCUT2D eigenvalue weighted by atomic mass is 9.94. The topological polar surface area (TPSA) is 54.2 Å². The number of rotatable bonds is 5. The first-order valence-corrected chi connectivity index (χ1v) is 10.8. The molecule has 1 atom stereocenters. The maximum Gasteiger partial charge on any atom is 0.258 e. The van der Waals surface area contributed by atoms with Gasteiger partial charge >= 0.3 is 0 Å². The number of aromatic nitrogens is 2. The van der Waals surface area contributed by atoms with Gasteiger partial charge in [-0.05, 0) is 54.9 Å². The molecule has 1 aliphatic rings. The van der Waals surface area contributed by atoms with Gasteiger partial charge in [0, 0.05) is 22.8 Å². The van der Waals surface area contributed by atoms with Crippen molar-refractivity contribution in [2.75, 3.05) is 6.54 Å². The van der Waals surface area contributed by atoms with Gasteiger partial charge in [0.05, 0.1) is 11.6 Å². The summed E-state index contributed by atoms with van der Waals surface area (Å²) in [7, 11) is 0. The minimum atomic E-state index is -0.417. The zero-order valence-electron chi connectivity index (χ0n) is 17.4. The molecule has 5 nitrogen and oxygen atoms in total. The van der Waals surface area contributed by atoms with Crippen molar-refractivity contribution < 1.29 is 8.91 Å². The molecule has 0 saturated heterocycles. The zero-order valence-corrected chi connectivity index (χ0v) is 19.0. The molecule has 0 spiro atoms. The Morgan fingerprint density at radius 2 is 2.00 bits per heavy atom. The first-order valence-electron chi connectivity index (χ1n) is 9.97. The second-order valence-electron chi connectivity index (χ2n) is 7.87. The van der Waals surface area contributed by atoms with Crippen molar-refractivity contribution in [3.63, 3.8) is 0 Å². The predicted molar refractivity (Wildman–Crippen MR) is 124 cm³/mol. The molecule has 4 rings (SSSR count). The van der Waals surface area contributed by atoms with Crippen LogP contribution in [0.4, 0.5) is 4.39 Å². The molecule has 3 aromatic rings. The van der Waals surface area contributed by atoms with Gasteiger partial charge in [-0.25, -0.2) is 4.39 Å². The van der Waals surface area contributed by atoms with E-state index in [0.29, 0.717) is 27.8 Å². The summed E-state index contributed by atoms with van der Waals surface area (Å²) < 4.78 is 19.7. The highest BCUT2D eigenvalue weighted by atomic mass is 35.5. The van der Waals surface area contributed by atoms with Gasteiger partial charge < -0.3 is 14.7 Å². The summed E-state index contributed by atoms with van der Waals surface area (Å²) in [6.07, 6.45) is 0. The van der Waals surface area contributed by atoms with Gasteiger partial charge in [0.15, 0.2) is 5.11 Å². The molecule has 2 heterocycles. The molecule has 0 aliphatic carbocycles. The Kier molecular flexibility index (Phi) is 6.07. The van der Waals surface area contributed by atoms with Gasteiger partial charge in [-0.1, -0.05) is 54.9 Å².